The lowest BCUT2D eigenvalue weighted by Gasteiger charge is -2.15. The maximum atomic E-state index is 11.5. The van der Waals surface area contributed by atoms with E-state index >= 15 is 0 Å². The van der Waals surface area contributed by atoms with Gasteiger partial charge in [0.1, 0.15) is 0 Å². The molecule has 0 aromatic carbocycles. The number of thioether (sulfide) groups is 1. The molecule has 1 aliphatic rings. The van der Waals surface area contributed by atoms with Gasteiger partial charge in [0.05, 0.1) is 0 Å². The van der Waals surface area contributed by atoms with Crippen LogP contribution in [0.3, 0.4) is 0 Å². The van der Waals surface area contributed by atoms with E-state index in [1.54, 1.807) is 0 Å². The summed E-state index contributed by atoms with van der Waals surface area (Å²) in [6.07, 6.45) is 2.91. The summed E-state index contributed by atoms with van der Waals surface area (Å²) in [5, 5.41) is 0.340. The van der Waals surface area contributed by atoms with Crippen molar-refractivity contribution in [3.63, 3.8) is 0 Å². The fourth-order valence-electron chi connectivity index (χ4n) is 1.12. The van der Waals surface area contributed by atoms with Gasteiger partial charge in [0, 0.05) is 10.7 Å². The van der Waals surface area contributed by atoms with Crippen molar-refractivity contribution in [2.45, 2.75) is 31.9 Å². The molecule has 0 aromatic heterocycles. The highest BCUT2D eigenvalue weighted by atomic mass is 32.2. The third-order valence-electron chi connectivity index (χ3n) is 1.85. The van der Waals surface area contributed by atoms with E-state index < -0.39 is 0 Å². The number of carbonyl (C=O) groups excluding carboxylic acids is 1. The van der Waals surface area contributed by atoms with Crippen molar-refractivity contribution in [2.24, 2.45) is 11.8 Å². The second-order valence-electron chi connectivity index (χ2n) is 4.28. The van der Waals surface area contributed by atoms with Gasteiger partial charge >= 0.3 is 0 Å². The van der Waals surface area contributed by atoms with Crippen LogP contribution in [0, 0.1) is 11.8 Å². The Labute approximate surface area is 78.6 Å². The molecule has 0 bridgehead atoms. The Morgan fingerprint density at radius 3 is 2.50 bits per heavy atom. The summed E-state index contributed by atoms with van der Waals surface area (Å²) in [6, 6.07) is 0. The van der Waals surface area contributed by atoms with Gasteiger partial charge in [0.25, 0.3) is 0 Å². The summed E-state index contributed by atoms with van der Waals surface area (Å²) in [4.78, 5) is 11.5. The largest absolute Gasteiger partial charge is 0.287 e. The van der Waals surface area contributed by atoms with Gasteiger partial charge in [-0.1, -0.05) is 38.6 Å². The molecule has 1 rings (SSSR count). The molecule has 0 spiro atoms. The number of carbonyl (C=O) groups is 1. The van der Waals surface area contributed by atoms with Crippen LogP contribution in [0.1, 0.15) is 27.2 Å². The number of allylic oxidation sites excluding steroid dienone is 1. The zero-order valence-electron chi connectivity index (χ0n) is 7.96. The predicted molar refractivity (Wildman–Crippen MR) is 54.1 cm³/mol. The van der Waals surface area contributed by atoms with Crippen molar-refractivity contribution in [1.82, 2.24) is 0 Å². The van der Waals surface area contributed by atoms with Crippen LogP contribution in [-0.4, -0.2) is 9.86 Å². The quantitative estimate of drug-likeness (QED) is 0.614. The molecule has 0 radical (unpaired) electrons. The number of rotatable bonds is 2. The molecule has 2 atom stereocenters. The molecule has 12 heavy (non-hydrogen) atoms. The lowest BCUT2D eigenvalue weighted by molar-refractivity contribution is -0.112. The normalized spacial score (nSPS) is 28.2. The molecule has 2 unspecified atom stereocenters. The van der Waals surface area contributed by atoms with Crippen molar-refractivity contribution in [1.29, 1.82) is 0 Å². The first kappa shape index (κ1) is 9.85. The molecular formula is C10H16OS. The van der Waals surface area contributed by atoms with Gasteiger partial charge in [-0.2, -0.15) is 0 Å². The molecule has 0 saturated heterocycles. The summed E-state index contributed by atoms with van der Waals surface area (Å²) in [7, 11) is 0. The highest BCUT2D eigenvalue weighted by molar-refractivity contribution is 8.14. The molecule has 0 amide bonds. The van der Waals surface area contributed by atoms with E-state index in [1.165, 1.54) is 11.8 Å². The van der Waals surface area contributed by atoms with Crippen LogP contribution in [0.25, 0.3) is 0 Å². The molecule has 0 aromatic rings. The maximum Gasteiger partial charge on any atom is 0.193 e. The average Bonchev–Trinajstić information content (AvgIpc) is 2.60. The molecule has 1 aliphatic carbocycles. The van der Waals surface area contributed by atoms with Crippen molar-refractivity contribution < 1.29 is 4.79 Å². The summed E-state index contributed by atoms with van der Waals surface area (Å²) >= 11 is 1.46. The molecule has 1 saturated carbocycles. The lowest BCUT2D eigenvalue weighted by Crippen LogP contribution is -2.13. The summed E-state index contributed by atoms with van der Waals surface area (Å²) in [5.74, 6) is 0.735. The van der Waals surface area contributed by atoms with Crippen LogP contribution in [0.2, 0.25) is 0 Å². The van der Waals surface area contributed by atoms with Crippen LogP contribution < -0.4 is 0 Å². The fourth-order valence-corrected chi connectivity index (χ4v) is 2.15. The van der Waals surface area contributed by atoms with E-state index in [0.29, 0.717) is 11.0 Å². The van der Waals surface area contributed by atoms with Gasteiger partial charge in [0.15, 0.2) is 5.12 Å². The lowest BCUT2D eigenvalue weighted by atomic mass is 10.3. The van der Waals surface area contributed by atoms with Crippen molar-refractivity contribution in [3.8, 4) is 0 Å². The van der Waals surface area contributed by atoms with E-state index in [4.69, 9.17) is 0 Å². The first-order valence-corrected chi connectivity index (χ1v) is 5.11. The Balaban J connectivity index is 2.36. The Morgan fingerprint density at radius 1 is 1.58 bits per heavy atom. The standard InChI is InChI=1S/C10H16OS/c1-5-7-6-8(7)9(11)12-10(2,3)4/h5,7-8H,1,6H2,2-4H3. The van der Waals surface area contributed by atoms with Gasteiger partial charge in [0.2, 0.25) is 0 Å². The van der Waals surface area contributed by atoms with Gasteiger partial charge in [-0.3, -0.25) is 4.79 Å². The topological polar surface area (TPSA) is 17.1 Å². The minimum atomic E-state index is 0.0609. The molecule has 0 aliphatic heterocycles. The minimum Gasteiger partial charge on any atom is -0.287 e. The number of hydrogen-bond acceptors (Lipinski definition) is 2. The Bertz CT molecular complexity index is 202. The molecule has 1 nitrogen and oxygen atoms in total. The average molecular weight is 184 g/mol. The van der Waals surface area contributed by atoms with Gasteiger partial charge in [-0.15, -0.1) is 6.58 Å². The first-order chi connectivity index (χ1) is 5.44. The molecule has 68 valence electrons. The minimum absolute atomic E-state index is 0.0609. The summed E-state index contributed by atoms with van der Waals surface area (Å²) < 4.78 is 0.0609. The zero-order valence-corrected chi connectivity index (χ0v) is 8.78. The third kappa shape index (κ3) is 2.67. The van der Waals surface area contributed by atoms with Crippen molar-refractivity contribution >= 4 is 16.9 Å². The predicted octanol–water partition coefficient (Wildman–Crippen LogP) is 2.87. The van der Waals surface area contributed by atoms with E-state index in [1.807, 2.05) is 6.08 Å². The van der Waals surface area contributed by atoms with Crippen LogP contribution in [0.4, 0.5) is 0 Å². The van der Waals surface area contributed by atoms with Gasteiger partial charge < -0.3 is 0 Å². The van der Waals surface area contributed by atoms with E-state index in [0.717, 1.165) is 6.42 Å². The monoisotopic (exact) mass is 184 g/mol. The molecular weight excluding hydrogens is 168 g/mol. The Morgan fingerprint density at radius 2 is 2.17 bits per heavy atom. The van der Waals surface area contributed by atoms with Crippen molar-refractivity contribution in [2.75, 3.05) is 0 Å². The van der Waals surface area contributed by atoms with Crippen LogP contribution in [0.5, 0.6) is 0 Å². The number of hydrogen-bond donors (Lipinski definition) is 0. The van der Waals surface area contributed by atoms with Crippen LogP contribution in [-0.2, 0) is 4.79 Å². The Hall–Kier alpha value is -0.240. The van der Waals surface area contributed by atoms with E-state index in [9.17, 15) is 4.79 Å². The second kappa shape index (κ2) is 3.25. The summed E-state index contributed by atoms with van der Waals surface area (Å²) in [6.45, 7) is 9.90. The molecule has 0 heterocycles. The van der Waals surface area contributed by atoms with E-state index in [-0.39, 0.29) is 10.7 Å². The van der Waals surface area contributed by atoms with Crippen LogP contribution >= 0.6 is 11.8 Å². The summed E-state index contributed by atoms with van der Waals surface area (Å²) in [5.41, 5.74) is 0. The highest BCUT2D eigenvalue weighted by Gasteiger charge is 2.41. The first-order valence-electron chi connectivity index (χ1n) is 4.29. The zero-order chi connectivity index (χ0) is 9.35. The molecule has 0 N–H and O–H groups in total. The Kier molecular flexibility index (Phi) is 2.67. The van der Waals surface area contributed by atoms with Gasteiger partial charge in [-0.05, 0) is 12.3 Å². The fraction of sp³-hybridized carbons (Fsp3) is 0.700. The second-order valence-corrected chi connectivity index (χ2v) is 6.11. The van der Waals surface area contributed by atoms with Gasteiger partial charge in [-0.25, -0.2) is 0 Å². The molecule has 1 fully saturated rings. The third-order valence-corrected chi connectivity index (χ3v) is 2.97. The van der Waals surface area contributed by atoms with Crippen LogP contribution in [0.15, 0.2) is 12.7 Å². The molecule has 2 heteroatoms. The maximum absolute atomic E-state index is 11.5. The van der Waals surface area contributed by atoms with Crippen molar-refractivity contribution in [3.05, 3.63) is 12.7 Å². The van der Waals surface area contributed by atoms with E-state index in [2.05, 4.69) is 27.4 Å². The SMILES string of the molecule is C=CC1CC1C(=O)SC(C)(C)C. The highest BCUT2D eigenvalue weighted by Crippen LogP contribution is 2.44. The smallest absolute Gasteiger partial charge is 0.193 e.